The van der Waals surface area contributed by atoms with E-state index in [0.717, 1.165) is 5.92 Å². The minimum Gasteiger partial charge on any atom is -0.288 e. The van der Waals surface area contributed by atoms with Crippen LogP contribution in [0.15, 0.2) is 30.3 Å². The van der Waals surface area contributed by atoms with E-state index in [1.54, 1.807) is 0 Å². The summed E-state index contributed by atoms with van der Waals surface area (Å²) in [7, 11) is -0.154. The second-order valence-electron chi connectivity index (χ2n) is 6.44. The average molecular weight is 265 g/mol. The van der Waals surface area contributed by atoms with Crippen LogP contribution >= 0.6 is 8.07 Å². The Kier molecular flexibility index (Phi) is 5.82. The van der Waals surface area contributed by atoms with Crippen LogP contribution in [0.1, 0.15) is 53.1 Å². The Hall–Kier alpha value is -0.390. The van der Waals surface area contributed by atoms with Gasteiger partial charge in [-0.2, -0.15) is 0 Å². The number of hydrogen-bond acceptors (Lipinski definition) is 1. The summed E-state index contributed by atoms with van der Waals surface area (Å²) in [5, 5.41) is 4.23. The maximum absolute atomic E-state index is 3.87. The van der Waals surface area contributed by atoms with Crippen LogP contribution in [0.4, 0.5) is 0 Å². The molecule has 0 aliphatic carbocycles. The van der Waals surface area contributed by atoms with Crippen LogP contribution in [0.2, 0.25) is 0 Å². The van der Waals surface area contributed by atoms with Gasteiger partial charge in [0.05, 0.1) is 0 Å². The number of hydrogen-bond donors (Lipinski definition) is 1. The second-order valence-corrected chi connectivity index (χ2v) is 9.26. The largest absolute Gasteiger partial charge is 0.288 e. The summed E-state index contributed by atoms with van der Waals surface area (Å²) in [6, 6.07) is 11.2. The van der Waals surface area contributed by atoms with Crippen molar-refractivity contribution in [1.29, 1.82) is 0 Å². The van der Waals surface area contributed by atoms with Crippen LogP contribution in [0.3, 0.4) is 0 Å². The van der Waals surface area contributed by atoms with Crippen molar-refractivity contribution >= 4 is 8.07 Å². The first kappa shape index (κ1) is 15.7. The van der Waals surface area contributed by atoms with Crippen molar-refractivity contribution in [3.8, 4) is 0 Å². The quantitative estimate of drug-likeness (QED) is 0.722. The van der Waals surface area contributed by atoms with E-state index in [4.69, 9.17) is 0 Å². The fraction of sp³-hybridized carbons (Fsp3) is 0.625. The van der Waals surface area contributed by atoms with E-state index in [2.05, 4.69) is 77.0 Å². The SMILES string of the molecule is CC(C)CP(N[C@@H](C)c1ccccc1)C(C)(C)C. The summed E-state index contributed by atoms with van der Waals surface area (Å²) in [6.07, 6.45) is 1.29. The third-order valence-electron chi connectivity index (χ3n) is 3.01. The summed E-state index contributed by atoms with van der Waals surface area (Å²) in [6.45, 7) is 14.0. The lowest BCUT2D eigenvalue weighted by atomic mass is 10.1. The molecule has 102 valence electrons. The Bertz CT molecular complexity index is 340. The van der Waals surface area contributed by atoms with Crippen molar-refractivity contribution in [2.45, 2.75) is 52.7 Å². The van der Waals surface area contributed by atoms with Gasteiger partial charge in [-0.3, -0.25) is 5.09 Å². The molecule has 0 aliphatic rings. The molecule has 18 heavy (non-hydrogen) atoms. The Balaban J connectivity index is 2.72. The molecule has 0 saturated heterocycles. The van der Waals surface area contributed by atoms with Gasteiger partial charge in [0.1, 0.15) is 0 Å². The first-order chi connectivity index (χ1) is 8.30. The Labute approximate surface area is 114 Å². The molecule has 0 spiro atoms. The monoisotopic (exact) mass is 265 g/mol. The molecule has 1 rings (SSSR count). The van der Waals surface area contributed by atoms with Crippen LogP contribution in [-0.4, -0.2) is 11.3 Å². The molecular weight excluding hydrogens is 237 g/mol. The van der Waals surface area contributed by atoms with E-state index >= 15 is 0 Å². The van der Waals surface area contributed by atoms with Gasteiger partial charge < -0.3 is 0 Å². The third kappa shape index (κ3) is 5.08. The summed E-state index contributed by atoms with van der Waals surface area (Å²) in [5.74, 6) is 0.755. The molecule has 1 nitrogen and oxygen atoms in total. The molecule has 1 N–H and O–H groups in total. The molecular formula is C16H28NP. The molecule has 0 aliphatic heterocycles. The molecule has 0 radical (unpaired) electrons. The molecule has 0 bridgehead atoms. The normalized spacial score (nSPS) is 15.7. The van der Waals surface area contributed by atoms with Crippen LogP contribution < -0.4 is 5.09 Å². The smallest absolute Gasteiger partial charge is 0.0328 e. The topological polar surface area (TPSA) is 12.0 Å². The van der Waals surface area contributed by atoms with Crippen LogP contribution in [0, 0.1) is 5.92 Å². The van der Waals surface area contributed by atoms with Crippen molar-refractivity contribution < 1.29 is 0 Å². The average Bonchev–Trinajstić information content (AvgIpc) is 2.27. The van der Waals surface area contributed by atoms with Crippen molar-refractivity contribution in [2.75, 3.05) is 6.16 Å². The minimum atomic E-state index is -0.154. The zero-order valence-corrected chi connectivity index (χ0v) is 13.6. The highest BCUT2D eigenvalue weighted by Gasteiger charge is 2.26. The molecule has 0 fully saturated rings. The van der Waals surface area contributed by atoms with E-state index < -0.39 is 0 Å². The molecule has 0 heterocycles. The van der Waals surface area contributed by atoms with Crippen molar-refractivity contribution in [3.05, 3.63) is 35.9 Å². The Morgan fingerprint density at radius 2 is 1.61 bits per heavy atom. The molecule has 2 heteroatoms. The van der Waals surface area contributed by atoms with Crippen molar-refractivity contribution in [3.63, 3.8) is 0 Å². The first-order valence-electron chi connectivity index (χ1n) is 6.89. The summed E-state index contributed by atoms with van der Waals surface area (Å²) >= 11 is 0. The van der Waals surface area contributed by atoms with Gasteiger partial charge >= 0.3 is 0 Å². The number of benzene rings is 1. The molecule has 0 saturated carbocycles. The fourth-order valence-corrected chi connectivity index (χ4v) is 4.32. The fourth-order valence-electron chi connectivity index (χ4n) is 1.94. The van der Waals surface area contributed by atoms with Gasteiger partial charge in [-0.25, -0.2) is 0 Å². The lowest BCUT2D eigenvalue weighted by Crippen LogP contribution is -2.27. The lowest BCUT2D eigenvalue weighted by Gasteiger charge is -2.35. The summed E-state index contributed by atoms with van der Waals surface area (Å²) in [4.78, 5) is 0. The number of nitrogens with one attached hydrogen (secondary N) is 1. The van der Waals surface area contributed by atoms with Gasteiger partial charge in [0, 0.05) is 6.04 Å². The van der Waals surface area contributed by atoms with Crippen molar-refractivity contribution in [1.82, 2.24) is 5.09 Å². The highest BCUT2D eigenvalue weighted by Crippen LogP contribution is 2.48. The van der Waals surface area contributed by atoms with Gasteiger partial charge in [-0.15, -0.1) is 0 Å². The van der Waals surface area contributed by atoms with Gasteiger partial charge in [-0.1, -0.05) is 65.0 Å². The second kappa shape index (κ2) is 6.68. The Morgan fingerprint density at radius 3 is 2.06 bits per heavy atom. The molecule has 0 amide bonds. The van der Waals surface area contributed by atoms with Gasteiger partial charge in [0.15, 0.2) is 0 Å². The summed E-state index contributed by atoms with van der Waals surface area (Å²) in [5.41, 5.74) is 1.39. The van der Waals surface area contributed by atoms with Crippen LogP contribution in [-0.2, 0) is 0 Å². The van der Waals surface area contributed by atoms with E-state index in [1.165, 1.54) is 11.7 Å². The maximum atomic E-state index is 3.87. The molecule has 1 aromatic rings. The predicted molar refractivity (Wildman–Crippen MR) is 84.4 cm³/mol. The standard InChI is InChI=1S/C16H28NP/c1-13(2)12-18(16(4,5)6)17-14(3)15-10-8-7-9-11-15/h7-11,13-14,17H,12H2,1-6H3/t14-,18?/m0/s1. The number of rotatable bonds is 5. The highest BCUT2D eigenvalue weighted by atomic mass is 31.1. The third-order valence-corrected chi connectivity index (χ3v) is 6.42. The molecule has 2 atom stereocenters. The Morgan fingerprint density at radius 1 is 1.06 bits per heavy atom. The first-order valence-corrected chi connectivity index (χ1v) is 8.42. The van der Waals surface area contributed by atoms with E-state index in [1.807, 2.05) is 0 Å². The lowest BCUT2D eigenvalue weighted by molar-refractivity contribution is 0.667. The van der Waals surface area contributed by atoms with Gasteiger partial charge in [-0.05, 0) is 37.8 Å². The molecule has 1 unspecified atom stereocenters. The van der Waals surface area contributed by atoms with Crippen LogP contribution in [0.25, 0.3) is 0 Å². The van der Waals surface area contributed by atoms with Crippen LogP contribution in [0.5, 0.6) is 0 Å². The molecule has 0 aromatic heterocycles. The van der Waals surface area contributed by atoms with E-state index in [0.29, 0.717) is 11.2 Å². The van der Waals surface area contributed by atoms with Gasteiger partial charge in [0.25, 0.3) is 0 Å². The van der Waals surface area contributed by atoms with Crippen molar-refractivity contribution in [2.24, 2.45) is 5.92 Å². The predicted octanol–water partition coefficient (Wildman–Crippen LogP) is 5.19. The summed E-state index contributed by atoms with van der Waals surface area (Å²) < 4.78 is 0. The zero-order valence-electron chi connectivity index (χ0n) is 12.7. The maximum Gasteiger partial charge on any atom is 0.0328 e. The van der Waals surface area contributed by atoms with E-state index in [9.17, 15) is 0 Å². The van der Waals surface area contributed by atoms with Gasteiger partial charge in [0.2, 0.25) is 0 Å². The van der Waals surface area contributed by atoms with E-state index in [-0.39, 0.29) is 8.07 Å². The molecule has 1 aromatic carbocycles. The highest BCUT2D eigenvalue weighted by molar-refractivity contribution is 7.57. The minimum absolute atomic E-state index is 0.154. The zero-order chi connectivity index (χ0) is 13.8.